The van der Waals surface area contributed by atoms with Crippen molar-refractivity contribution >= 4 is 17.8 Å². The van der Waals surface area contributed by atoms with Gasteiger partial charge >= 0.3 is 18.1 Å². The number of carbonyl (C=O) groups is 3. The molecule has 0 radical (unpaired) electrons. The molecule has 0 spiro atoms. The summed E-state index contributed by atoms with van der Waals surface area (Å²) in [6, 6.07) is -1.56. The van der Waals surface area contributed by atoms with Gasteiger partial charge in [-0.2, -0.15) is 13.2 Å². The highest BCUT2D eigenvalue weighted by molar-refractivity contribution is 5.85. The first-order valence-corrected chi connectivity index (χ1v) is 5.11. The van der Waals surface area contributed by atoms with Gasteiger partial charge in [-0.1, -0.05) is 0 Å². The molecule has 0 saturated heterocycles. The van der Waals surface area contributed by atoms with Crippen molar-refractivity contribution in [2.75, 3.05) is 6.54 Å². The van der Waals surface area contributed by atoms with E-state index in [1.807, 2.05) is 5.32 Å². The summed E-state index contributed by atoms with van der Waals surface area (Å²) in [7, 11) is 0. The zero-order valence-electron chi connectivity index (χ0n) is 9.82. The Labute approximate surface area is 105 Å². The van der Waals surface area contributed by atoms with E-state index in [1.54, 1.807) is 0 Å². The molecule has 110 valence electrons. The van der Waals surface area contributed by atoms with Crippen LogP contribution in [0, 0.1) is 0 Å². The van der Waals surface area contributed by atoms with Crippen molar-refractivity contribution in [3.8, 4) is 0 Å². The maximum absolute atomic E-state index is 11.8. The van der Waals surface area contributed by atoms with Crippen LogP contribution in [0.15, 0.2) is 0 Å². The van der Waals surface area contributed by atoms with Gasteiger partial charge in [0.2, 0.25) is 5.91 Å². The van der Waals surface area contributed by atoms with Gasteiger partial charge in [0, 0.05) is 13.0 Å². The number of aliphatic carboxylic acids is 1. The van der Waals surface area contributed by atoms with Crippen LogP contribution in [-0.4, -0.2) is 52.9 Å². The zero-order valence-corrected chi connectivity index (χ0v) is 9.82. The van der Waals surface area contributed by atoms with Crippen LogP contribution in [0.25, 0.3) is 0 Å². The van der Waals surface area contributed by atoms with Gasteiger partial charge in [-0.15, -0.1) is 0 Å². The quantitative estimate of drug-likeness (QED) is 0.500. The van der Waals surface area contributed by atoms with E-state index in [0.29, 0.717) is 0 Å². The lowest BCUT2D eigenvalue weighted by molar-refractivity contribution is -0.173. The molecule has 0 aromatic heterocycles. The second-order valence-electron chi connectivity index (χ2n) is 3.63. The van der Waals surface area contributed by atoms with E-state index in [9.17, 15) is 27.6 Å². The Hall–Kier alpha value is -1.84. The zero-order chi connectivity index (χ0) is 15.2. The Kier molecular flexibility index (Phi) is 6.25. The van der Waals surface area contributed by atoms with Crippen molar-refractivity contribution in [2.24, 2.45) is 0 Å². The Morgan fingerprint density at radius 3 is 2.16 bits per heavy atom. The second kappa shape index (κ2) is 6.92. The van der Waals surface area contributed by atoms with Gasteiger partial charge in [0.05, 0.1) is 6.10 Å². The number of aliphatic hydroxyl groups is 1. The van der Waals surface area contributed by atoms with Crippen LogP contribution in [0.4, 0.5) is 13.2 Å². The molecule has 7 nitrogen and oxygen atoms in total. The van der Waals surface area contributed by atoms with E-state index in [-0.39, 0.29) is 0 Å². The second-order valence-corrected chi connectivity index (χ2v) is 3.63. The summed E-state index contributed by atoms with van der Waals surface area (Å²) in [5.74, 6) is -4.58. The number of carboxylic acid groups (broad SMARTS) is 1. The van der Waals surface area contributed by atoms with E-state index >= 15 is 0 Å². The van der Waals surface area contributed by atoms with Gasteiger partial charge in [0.25, 0.3) is 0 Å². The number of hydrogen-bond acceptors (Lipinski definition) is 4. The molecule has 0 rings (SSSR count). The molecule has 2 unspecified atom stereocenters. The van der Waals surface area contributed by atoms with E-state index in [2.05, 4.69) is 0 Å². The van der Waals surface area contributed by atoms with Crippen LogP contribution in [0.5, 0.6) is 0 Å². The van der Waals surface area contributed by atoms with Crippen molar-refractivity contribution in [2.45, 2.75) is 31.7 Å². The normalized spacial score (nSPS) is 14.4. The summed E-state index contributed by atoms with van der Waals surface area (Å²) < 4.78 is 35.3. The fourth-order valence-corrected chi connectivity index (χ4v) is 1.02. The lowest BCUT2D eigenvalue weighted by Gasteiger charge is -2.17. The number of amides is 2. The predicted molar refractivity (Wildman–Crippen MR) is 54.9 cm³/mol. The van der Waals surface area contributed by atoms with Gasteiger partial charge in [0.1, 0.15) is 0 Å². The summed E-state index contributed by atoms with van der Waals surface area (Å²) in [4.78, 5) is 32.2. The fraction of sp³-hybridized carbons (Fsp3) is 0.667. The molecule has 0 bridgehead atoms. The van der Waals surface area contributed by atoms with Crippen LogP contribution < -0.4 is 10.6 Å². The SMILES string of the molecule is CC(O)C(NC(=O)CCNC(=O)C(F)(F)F)C(=O)O. The van der Waals surface area contributed by atoms with E-state index in [4.69, 9.17) is 10.2 Å². The Morgan fingerprint density at radius 2 is 1.79 bits per heavy atom. The molecule has 10 heteroatoms. The number of rotatable bonds is 6. The average molecular weight is 286 g/mol. The molecule has 0 aliphatic rings. The maximum Gasteiger partial charge on any atom is 0.471 e. The molecular formula is C9H13F3N2O5. The highest BCUT2D eigenvalue weighted by Gasteiger charge is 2.38. The molecular weight excluding hydrogens is 273 g/mol. The first-order valence-electron chi connectivity index (χ1n) is 5.11. The van der Waals surface area contributed by atoms with E-state index in [0.717, 1.165) is 6.92 Å². The maximum atomic E-state index is 11.8. The van der Waals surface area contributed by atoms with Crippen LogP contribution in [-0.2, 0) is 14.4 Å². The molecule has 2 atom stereocenters. The van der Waals surface area contributed by atoms with E-state index in [1.165, 1.54) is 5.32 Å². The molecule has 0 saturated carbocycles. The molecule has 0 aromatic rings. The number of carboxylic acids is 1. The largest absolute Gasteiger partial charge is 0.480 e. The number of carbonyl (C=O) groups excluding carboxylic acids is 2. The lowest BCUT2D eigenvalue weighted by atomic mass is 10.2. The first kappa shape index (κ1) is 17.2. The van der Waals surface area contributed by atoms with Crippen LogP contribution in [0.2, 0.25) is 0 Å². The van der Waals surface area contributed by atoms with Crippen LogP contribution >= 0.6 is 0 Å². The number of halogens is 3. The third kappa shape index (κ3) is 6.60. The first-order chi connectivity index (χ1) is 8.55. The number of nitrogens with one attached hydrogen (secondary N) is 2. The minimum Gasteiger partial charge on any atom is -0.480 e. The number of aliphatic hydroxyl groups excluding tert-OH is 1. The van der Waals surface area contributed by atoms with Crippen LogP contribution in [0.3, 0.4) is 0 Å². The minimum atomic E-state index is -5.04. The van der Waals surface area contributed by atoms with Crippen molar-refractivity contribution in [3.63, 3.8) is 0 Å². The molecule has 0 aliphatic carbocycles. The molecule has 0 aromatic carbocycles. The van der Waals surface area contributed by atoms with Gasteiger partial charge in [-0.3, -0.25) is 9.59 Å². The Bertz CT molecular complexity index is 356. The Balaban J connectivity index is 4.13. The molecule has 19 heavy (non-hydrogen) atoms. The van der Waals surface area contributed by atoms with Gasteiger partial charge < -0.3 is 20.8 Å². The van der Waals surface area contributed by atoms with Crippen molar-refractivity contribution in [1.29, 1.82) is 0 Å². The van der Waals surface area contributed by atoms with Crippen molar-refractivity contribution < 1.29 is 37.8 Å². The minimum absolute atomic E-state index is 0.543. The van der Waals surface area contributed by atoms with Crippen LogP contribution in [0.1, 0.15) is 13.3 Å². The molecule has 2 amide bonds. The van der Waals surface area contributed by atoms with E-state index < -0.39 is 49.1 Å². The predicted octanol–water partition coefficient (Wildman–Crippen LogP) is -0.995. The average Bonchev–Trinajstić information content (AvgIpc) is 2.23. The van der Waals surface area contributed by atoms with Gasteiger partial charge in [-0.25, -0.2) is 4.79 Å². The lowest BCUT2D eigenvalue weighted by Crippen LogP contribution is -2.48. The third-order valence-electron chi connectivity index (χ3n) is 1.96. The Morgan fingerprint density at radius 1 is 1.26 bits per heavy atom. The van der Waals surface area contributed by atoms with Crippen molar-refractivity contribution in [1.82, 2.24) is 10.6 Å². The number of alkyl halides is 3. The van der Waals surface area contributed by atoms with Gasteiger partial charge in [0.15, 0.2) is 6.04 Å². The highest BCUT2D eigenvalue weighted by atomic mass is 19.4. The third-order valence-corrected chi connectivity index (χ3v) is 1.96. The summed E-state index contributed by atoms with van der Waals surface area (Å²) in [5.41, 5.74) is 0. The molecule has 4 N–H and O–H groups in total. The molecule has 0 aliphatic heterocycles. The molecule has 0 heterocycles. The van der Waals surface area contributed by atoms with Gasteiger partial charge in [-0.05, 0) is 6.92 Å². The standard InChI is InChI=1S/C9H13F3N2O5/c1-4(15)6(7(17)18)14-5(16)2-3-13-8(19)9(10,11)12/h4,6,15H,2-3H2,1H3,(H,13,19)(H,14,16)(H,17,18). The smallest absolute Gasteiger partial charge is 0.471 e. The fourth-order valence-electron chi connectivity index (χ4n) is 1.02. The monoisotopic (exact) mass is 286 g/mol. The summed E-state index contributed by atoms with van der Waals surface area (Å²) in [6.45, 7) is 0.529. The summed E-state index contributed by atoms with van der Waals surface area (Å²) in [6.07, 6.45) is -6.95. The van der Waals surface area contributed by atoms with Crippen molar-refractivity contribution in [3.05, 3.63) is 0 Å². The highest BCUT2D eigenvalue weighted by Crippen LogP contribution is 2.13. The molecule has 0 fully saturated rings. The topological polar surface area (TPSA) is 116 Å². The summed E-state index contributed by atoms with van der Waals surface area (Å²) in [5, 5.41) is 21.0. The summed E-state index contributed by atoms with van der Waals surface area (Å²) >= 11 is 0. The number of hydrogen-bond donors (Lipinski definition) is 4.